The summed E-state index contributed by atoms with van der Waals surface area (Å²) in [5, 5.41) is 5.79. The number of aromatic nitrogens is 3. The Morgan fingerprint density at radius 3 is 2.60 bits per heavy atom. The molecule has 0 N–H and O–H groups in total. The Labute approximate surface area is 206 Å². The van der Waals surface area contributed by atoms with Crippen molar-refractivity contribution in [2.75, 3.05) is 51.3 Å². The number of urea groups is 1. The zero-order valence-corrected chi connectivity index (χ0v) is 19.8. The Balaban J connectivity index is 1.22. The minimum atomic E-state index is -0.455. The number of carbonyl (C=O) groups is 2. The number of amides is 3. The van der Waals surface area contributed by atoms with Crippen LogP contribution < -0.4 is 4.90 Å². The quantitative estimate of drug-likeness (QED) is 0.627. The lowest BCUT2D eigenvalue weighted by Gasteiger charge is -2.38. The van der Waals surface area contributed by atoms with Crippen LogP contribution in [0, 0.1) is 5.82 Å². The largest absolute Gasteiger partial charge is 0.378 e. The van der Waals surface area contributed by atoms with E-state index in [9.17, 15) is 14.0 Å². The standard InChI is InChI=1S/C22H24ClFN8O3/c1-35-16-12-31(13-16)20(33)19-17(23)11-26-21(28-19)29-4-6-30(7-5-29)22(34)32-18(2-3-27-32)14-8-15(24)10-25-9-14/h3,8-11,16,18H,2,4-7,12-13H2,1H3/t18-/m0/s1. The number of methoxy groups -OCH3 is 1. The van der Waals surface area contributed by atoms with E-state index >= 15 is 0 Å². The van der Waals surface area contributed by atoms with E-state index in [4.69, 9.17) is 16.3 Å². The molecule has 2 aromatic heterocycles. The first-order valence-corrected chi connectivity index (χ1v) is 11.6. The number of halogens is 2. The molecule has 3 aliphatic heterocycles. The van der Waals surface area contributed by atoms with Crippen molar-refractivity contribution in [2.24, 2.45) is 5.10 Å². The molecule has 0 aliphatic carbocycles. The molecule has 35 heavy (non-hydrogen) atoms. The van der Waals surface area contributed by atoms with Crippen molar-refractivity contribution in [2.45, 2.75) is 18.6 Å². The van der Waals surface area contributed by atoms with Gasteiger partial charge in [0, 0.05) is 65.2 Å². The molecule has 5 heterocycles. The molecule has 13 heteroatoms. The molecule has 5 rings (SSSR count). The number of rotatable bonds is 4. The van der Waals surface area contributed by atoms with Gasteiger partial charge in [0.1, 0.15) is 5.82 Å². The van der Waals surface area contributed by atoms with E-state index in [1.807, 2.05) is 4.90 Å². The zero-order chi connectivity index (χ0) is 24.5. The summed E-state index contributed by atoms with van der Waals surface area (Å²) in [6.07, 6.45) is 6.28. The maximum Gasteiger partial charge on any atom is 0.341 e. The summed E-state index contributed by atoms with van der Waals surface area (Å²) in [5.74, 6) is -0.328. The summed E-state index contributed by atoms with van der Waals surface area (Å²) >= 11 is 6.21. The molecule has 2 saturated heterocycles. The average Bonchev–Trinajstić information content (AvgIpc) is 3.33. The minimum absolute atomic E-state index is 0.0290. The van der Waals surface area contributed by atoms with Crippen LogP contribution in [-0.2, 0) is 4.74 Å². The number of nitrogens with zero attached hydrogens (tertiary/aromatic N) is 8. The lowest BCUT2D eigenvalue weighted by molar-refractivity contribution is -0.0194. The average molecular weight is 503 g/mol. The van der Waals surface area contributed by atoms with E-state index in [0.29, 0.717) is 57.2 Å². The summed E-state index contributed by atoms with van der Waals surface area (Å²) in [5.41, 5.74) is 0.753. The number of ether oxygens (including phenoxy) is 1. The van der Waals surface area contributed by atoms with Gasteiger partial charge in [0.25, 0.3) is 5.91 Å². The first-order valence-electron chi connectivity index (χ1n) is 11.2. The fraction of sp³-hybridized carbons (Fsp3) is 0.455. The lowest BCUT2D eigenvalue weighted by Crippen LogP contribution is -2.54. The molecule has 0 saturated carbocycles. The number of pyridine rings is 1. The van der Waals surface area contributed by atoms with Gasteiger partial charge in [0.15, 0.2) is 5.69 Å². The topological polar surface area (TPSA) is 107 Å². The van der Waals surface area contributed by atoms with Gasteiger partial charge in [-0.2, -0.15) is 5.10 Å². The molecule has 184 valence electrons. The SMILES string of the molecule is COC1CN(C(=O)c2nc(N3CCN(C(=O)N4N=CC[C@H]4c4cncc(F)c4)CC3)ncc2Cl)C1. The van der Waals surface area contributed by atoms with Crippen LogP contribution >= 0.6 is 11.6 Å². The molecule has 0 radical (unpaired) electrons. The van der Waals surface area contributed by atoms with Gasteiger partial charge in [-0.3, -0.25) is 9.78 Å². The molecular weight excluding hydrogens is 479 g/mol. The van der Waals surface area contributed by atoms with Crippen molar-refractivity contribution in [1.82, 2.24) is 29.8 Å². The van der Waals surface area contributed by atoms with E-state index < -0.39 is 11.9 Å². The van der Waals surface area contributed by atoms with Crippen LogP contribution in [-0.4, -0.2) is 100 Å². The second-order valence-corrected chi connectivity index (χ2v) is 8.93. The van der Waals surface area contributed by atoms with Gasteiger partial charge < -0.3 is 19.4 Å². The number of hydrazone groups is 1. The monoisotopic (exact) mass is 502 g/mol. The van der Waals surface area contributed by atoms with Crippen molar-refractivity contribution in [3.05, 3.63) is 46.8 Å². The first-order chi connectivity index (χ1) is 16.9. The molecule has 11 nitrogen and oxygen atoms in total. The molecule has 1 atom stereocenters. The fourth-order valence-corrected chi connectivity index (χ4v) is 4.46. The smallest absolute Gasteiger partial charge is 0.341 e. The van der Waals surface area contributed by atoms with Gasteiger partial charge in [-0.15, -0.1) is 0 Å². The van der Waals surface area contributed by atoms with Crippen LogP contribution in [0.25, 0.3) is 0 Å². The number of hydrogen-bond donors (Lipinski definition) is 0. The molecule has 0 spiro atoms. The van der Waals surface area contributed by atoms with Crippen LogP contribution in [0.1, 0.15) is 28.5 Å². The normalized spacial score (nSPS) is 20.4. The molecule has 0 aromatic carbocycles. The lowest BCUT2D eigenvalue weighted by atomic mass is 10.1. The molecule has 3 amide bonds. The Kier molecular flexibility index (Phi) is 6.48. The van der Waals surface area contributed by atoms with Gasteiger partial charge >= 0.3 is 6.03 Å². The van der Waals surface area contributed by atoms with E-state index in [1.165, 1.54) is 17.3 Å². The third-order valence-corrected chi connectivity index (χ3v) is 6.65. The maximum atomic E-state index is 13.6. The van der Waals surface area contributed by atoms with Gasteiger partial charge in [0.2, 0.25) is 5.95 Å². The predicted molar refractivity (Wildman–Crippen MR) is 125 cm³/mol. The molecular formula is C22H24ClFN8O3. The molecule has 3 aliphatic rings. The summed E-state index contributed by atoms with van der Waals surface area (Å²) in [6, 6.07) is 0.721. The second kappa shape index (κ2) is 9.70. The second-order valence-electron chi connectivity index (χ2n) is 8.52. The summed E-state index contributed by atoms with van der Waals surface area (Å²) < 4.78 is 18.9. The third-order valence-electron chi connectivity index (χ3n) is 6.37. The Bertz CT molecular complexity index is 1150. The number of anilines is 1. The predicted octanol–water partition coefficient (Wildman–Crippen LogP) is 1.81. The van der Waals surface area contributed by atoms with Crippen molar-refractivity contribution in [3.8, 4) is 0 Å². The van der Waals surface area contributed by atoms with E-state index in [-0.39, 0.29) is 28.8 Å². The maximum absolute atomic E-state index is 13.6. The van der Waals surface area contributed by atoms with Gasteiger partial charge in [-0.25, -0.2) is 24.2 Å². The molecule has 0 unspecified atom stereocenters. The number of carbonyl (C=O) groups excluding carboxylic acids is 2. The minimum Gasteiger partial charge on any atom is -0.378 e. The van der Waals surface area contributed by atoms with Crippen molar-refractivity contribution < 1.29 is 18.7 Å². The van der Waals surface area contributed by atoms with Crippen LogP contribution in [0.5, 0.6) is 0 Å². The van der Waals surface area contributed by atoms with E-state index in [0.717, 1.165) is 6.20 Å². The van der Waals surface area contributed by atoms with Crippen molar-refractivity contribution >= 4 is 35.7 Å². The highest BCUT2D eigenvalue weighted by molar-refractivity contribution is 6.33. The van der Waals surface area contributed by atoms with E-state index in [2.05, 4.69) is 20.1 Å². The fourth-order valence-electron chi connectivity index (χ4n) is 4.29. The van der Waals surface area contributed by atoms with Crippen LogP contribution in [0.2, 0.25) is 5.02 Å². The number of piperazine rings is 1. The van der Waals surface area contributed by atoms with Gasteiger partial charge in [-0.1, -0.05) is 11.6 Å². The van der Waals surface area contributed by atoms with E-state index in [1.54, 1.807) is 29.3 Å². The Hall–Kier alpha value is -3.38. The van der Waals surface area contributed by atoms with Crippen molar-refractivity contribution in [1.29, 1.82) is 0 Å². The highest BCUT2D eigenvalue weighted by Gasteiger charge is 2.35. The number of likely N-dealkylation sites (tertiary alicyclic amines) is 1. The zero-order valence-electron chi connectivity index (χ0n) is 19.0. The summed E-state index contributed by atoms with van der Waals surface area (Å²) in [4.78, 5) is 43.8. The van der Waals surface area contributed by atoms with Crippen LogP contribution in [0.4, 0.5) is 15.1 Å². The Morgan fingerprint density at radius 2 is 1.89 bits per heavy atom. The number of hydrogen-bond acceptors (Lipinski definition) is 8. The highest BCUT2D eigenvalue weighted by Crippen LogP contribution is 2.29. The summed E-state index contributed by atoms with van der Waals surface area (Å²) in [7, 11) is 1.61. The molecule has 2 aromatic rings. The Morgan fingerprint density at radius 1 is 1.11 bits per heavy atom. The first kappa shape index (κ1) is 23.4. The van der Waals surface area contributed by atoms with Crippen molar-refractivity contribution in [3.63, 3.8) is 0 Å². The molecule has 2 fully saturated rings. The van der Waals surface area contributed by atoms with Gasteiger partial charge in [0.05, 0.1) is 29.6 Å². The van der Waals surface area contributed by atoms with Crippen LogP contribution in [0.3, 0.4) is 0 Å². The third kappa shape index (κ3) is 4.63. The van der Waals surface area contributed by atoms with Gasteiger partial charge in [-0.05, 0) is 11.6 Å². The van der Waals surface area contributed by atoms with Crippen LogP contribution in [0.15, 0.2) is 29.8 Å². The summed E-state index contributed by atoms with van der Waals surface area (Å²) in [6.45, 7) is 2.76. The molecule has 0 bridgehead atoms. The highest BCUT2D eigenvalue weighted by atomic mass is 35.5.